The Kier molecular flexibility index (Phi) is 5.45. The van der Waals surface area contributed by atoms with Crippen molar-refractivity contribution in [3.05, 3.63) is 77.9 Å². The van der Waals surface area contributed by atoms with Gasteiger partial charge in [0.2, 0.25) is 0 Å². The highest BCUT2D eigenvalue weighted by Gasteiger charge is 2.34. The minimum absolute atomic E-state index is 0.0752. The molecule has 1 aliphatic heterocycles. The molecule has 3 aromatic heterocycles. The van der Waals surface area contributed by atoms with Gasteiger partial charge in [-0.2, -0.15) is 5.10 Å². The van der Waals surface area contributed by atoms with Crippen LogP contribution < -0.4 is 0 Å². The van der Waals surface area contributed by atoms with Crippen LogP contribution in [0.1, 0.15) is 33.3 Å². The number of rotatable bonds is 4. The Bertz CT molecular complexity index is 1390. The first kappa shape index (κ1) is 21.6. The zero-order valence-corrected chi connectivity index (χ0v) is 18.9. The lowest BCUT2D eigenvalue weighted by atomic mass is 10.1. The van der Waals surface area contributed by atoms with Crippen molar-refractivity contribution in [1.29, 1.82) is 0 Å². The summed E-state index contributed by atoms with van der Waals surface area (Å²) < 4.78 is 1.70. The van der Waals surface area contributed by atoms with Gasteiger partial charge in [-0.25, -0.2) is 4.68 Å². The second-order valence-corrected chi connectivity index (χ2v) is 8.45. The summed E-state index contributed by atoms with van der Waals surface area (Å²) >= 11 is 0. The Hall–Kier alpha value is -4.27. The summed E-state index contributed by atoms with van der Waals surface area (Å²) in [5, 5.41) is 4.42. The topological polar surface area (TPSA) is 104 Å². The van der Waals surface area contributed by atoms with Crippen LogP contribution in [-0.2, 0) is 4.79 Å². The number of amides is 2. The summed E-state index contributed by atoms with van der Waals surface area (Å²) in [7, 11) is 0. The molecule has 4 aromatic rings. The van der Waals surface area contributed by atoms with E-state index in [-0.39, 0.29) is 24.1 Å². The monoisotopic (exact) mass is 456 g/mol. The highest BCUT2D eigenvalue weighted by Crippen LogP contribution is 2.24. The van der Waals surface area contributed by atoms with Crippen LogP contribution >= 0.6 is 0 Å². The summed E-state index contributed by atoms with van der Waals surface area (Å²) in [5.41, 5.74) is 3.50. The third-order valence-electron chi connectivity index (χ3n) is 6.15. The van der Waals surface area contributed by atoms with Gasteiger partial charge in [-0.15, -0.1) is 0 Å². The predicted octanol–water partition coefficient (Wildman–Crippen LogP) is 2.61. The number of Topliss-reactive ketones (excluding diaryl/α,β-unsaturated/α-hetero) is 1. The number of pyridine rings is 1. The van der Waals surface area contributed by atoms with Gasteiger partial charge in [0, 0.05) is 49.8 Å². The molecule has 1 aromatic carbocycles. The number of hydrogen-bond donors (Lipinski definition) is 1. The van der Waals surface area contributed by atoms with E-state index in [0.29, 0.717) is 29.7 Å². The van der Waals surface area contributed by atoms with Crippen LogP contribution in [0.5, 0.6) is 0 Å². The second-order valence-electron chi connectivity index (χ2n) is 8.45. The Labute approximate surface area is 196 Å². The van der Waals surface area contributed by atoms with E-state index in [1.54, 1.807) is 34.0 Å². The summed E-state index contributed by atoms with van der Waals surface area (Å²) in [6.07, 6.45) is 4.95. The number of aryl methyl sites for hydroxylation is 1. The van der Waals surface area contributed by atoms with Crippen LogP contribution in [0, 0.1) is 6.92 Å². The molecule has 1 fully saturated rings. The fourth-order valence-corrected chi connectivity index (χ4v) is 4.37. The van der Waals surface area contributed by atoms with Crippen molar-refractivity contribution in [2.75, 3.05) is 19.6 Å². The lowest BCUT2D eigenvalue weighted by molar-refractivity contribution is -0.128. The maximum absolute atomic E-state index is 13.2. The van der Waals surface area contributed by atoms with Gasteiger partial charge in [0.05, 0.1) is 22.5 Å². The zero-order valence-electron chi connectivity index (χ0n) is 18.9. The summed E-state index contributed by atoms with van der Waals surface area (Å²) in [5.74, 6) is -1.29. The number of hydrogen-bond acceptors (Lipinski definition) is 5. The molecule has 0 spiro atoms. The minimum atomic E-state index is -0.623. The highest BCUT2D eigenvalue weighted by atomic mass is 16.2. The number of aromatic amines is 1. The van der Waals surface area contributed by atoms with E-state index >= 15 is 0 Å². The van der Waals surface area contributed by atoms with Crippen LogP contribution in [0.25, 0.3) is 16.7 Å². The maximum Gasteiger partial charge on any atom is 0.295 e. The number of benzene rings is 1. The molecule has 0 bridgehead atoms. The average molecular weight is 457 g/mol. The molecule has 0 aliphatic carbocycles. The third-order valence-corrected chi connectivity index (χ3v) is 6.15. The molecule has 0 saturated carbocycles. The van der Waals surface area contributed by atoms with Gasteiger partial charge in [0.25, 0.3) is 17.6 Å². The highest BCUT2D eigenvalue weighted by molar-refractivity contribution is 6.44. The molecular weight excluding hydrogens is 432 g/mol. The summed E-state index contributed by atoms with van der Waals surface area (Å²) in [6.45, 7) is 4.72. The molecule has 2 amide bonds. The lowest BCUT2D eigenvalue weighted by Gasteiger charge is -2.39. The molecule has 1 N–H and O–H groups in total. The number of nitrogens with zero attached hydrogens (tertiary/aromatic N) is 5. The Morgan fingerprint density at radius 1 is 1.06 bits per heavy atom. The number of fused-ring (bicyclic) bond motifs is 1. The van der Waals surface area contributed by atoms with Crippen LogP contribution in [-0.4, -0.2) is 72.8 Å². The van der Waals surface area contributed by atoms with Crippen molar-refractivity contribution < 1.29 is 14.4 Å². The minimum Gasteiger partial charge on any atom is -0.357 e. The fraction of sp³-hybridized carbons (Fsp3) is 0.240. The van der Waals surface area contributed by atoms with Gasteiger partial charge in [-0.1, -0.05) is 18.2 Å². The van der Waals surface area contributed by atoms with Gasteiger partial charge in [-0.3, -0.25) is 19.4 Å². The van der Waals surface area contributed by atoms with E-state index in [1.807, 2.05) is 44.3 Å². The van der Waals surface area contributed by atoms with Gasteiger partial charge < -0.3 is 14.8 Å². The predicted molar refractivity (Wildman–Crippen MR) is 126 cm³/mol. The molecule has 4 heterocycles. The number of H-pyrrole nitrogens is 1. The van der Waals surface area contributed by atoms with Gasteiger partial charge in [-0.05, 0) is 38.1 Å². The number of nitrogens with one attached hydrogen (secondary N) is 1. The Balaban J connectivity index is 1.34. The van der Waals surface area contributed by atoms with E-state index in [9.17, 15) is 14.4 Å². The van der Waals surface area contributed by atoms with E-state index in [4.69, 9.17) is 0 Å². The number of aromatic nitrogens is 4. The SMILES string of the molecule is Cc1ccn(-c2ccnc3c(C(=O)C(=O)N4CCN(C(=O)c5ccccc5)[C@H](C)C4)c[nH]c23)n1. The molecule has 0 radical (unpaired) electrons. The van der Waals surface area contributed by atoms with Crippen molar-refractivity contribution in [2.24, 2.45) is 0 Å². The normalized spacial score (nSPS) is 16.1. The molecule has 1 aliphatic rings. The first-order valence-electron chi connectivity index (χ1n) is 11.1. The summed E-state index contributed by atoms with van der Waals surface area (Å²) in [6, 6.07) is 12.5. The van der Waals surface area contributed by atoms with E-state index in [1.165, 1.54) is 11.1 Å². The maximum atomic E-state index is 13.2. The zero-order chi connectivity index (χ0) is 23.8. The average Bonchev–Trinajstić information content (AvgIpc) is 3.49. The summed E-state index contributed by atoms with van der Waals surface area (Å²) in [4.78, 5) is 49.8. The molecule has 172 valence electrons. The molecule has 34 heavy (non-hydrogen) atoms. The molecule has 1 atom stereocenters. The van der Waals surface area contributed by atoms with Gasteiger partial charge in [0.1, 0.15) is 5.52 Å². The quantitative estimate of drug-likeness (QED) is 0.376. The standard InChI is InChI=1S/C25H24N6O3/c1-16-9-11-31(28-16)20-8-10-26-21-19(14-27-22(20)21)23(32)25(34)29-12-13-30(17(2)15-29)24(33)18-6-4-3-5-7-18/h3-11,14,17,27H,12-13,15H2,1-2H3/t17-/m1/s1. The third kappa shape index (κ3) is 3.75. The van der Waals surface area contributed by atoms with E-state index in [0.717, 1.165) is 11.4 Å². The van der Waals surface area contributed by atoms with Crippen molar-refractivity contribution in [2.45, 2.75) is 19.9 Å². The second kappa shape index (κ2) is 8.58. The molecular formula is C25H24N6O3. The van der Waals surface area contributed by atoms with Gasteiger partial charge in [0.15, 0.2) is 0 Å². The largest absolute Gasteiger partial charge is 0.357 e. The van der Waals surface area contributed by atoms with Crippen LogP contribution in [0.2, 0.25) is 0 Å². The van der Waals surface area contributed by atoms with Crippen LogP contribution in [0.4, 0.5) is 0 Å². The van der Waals surface area contributed by atoms with Crippen LogP contribution in [0.15, 0.2) is 61.1 Å². The Morgan fingerprint density at radius 3 is 2.56 bits per heavy atom. The molecule has 0 unspecified atom stereocenters. The lowest BCUT2D eigenvalue weighted by Crippen LogP contribution is -2.56. The van der Waals surface area contributed by atoms with Crippen LogP contribution in [0.3, 0.4) is 0 Å². The van der Waals surface area contributed by atoms with E-state index < -0.39 is 11.7 Å². The first-order chi connectivity index (χ1) is 16.4. The van der Waals surface area contributed by atoms with Crippen molar-refractivity contribution in [3.63, 3.8) is 0 Å². The molecule has 9 nitrogen and oxygen atoms in total. The van der Waals surface area contributed by atoms with Crippen molar-refractivity contribution in [1.82, 2.24) is 29.5 Å². The molecule has 5 rings (SSSR count). The number of carbonyl (C=O) groups excluding carboxylic acids is 3. The first-order valence-corrected chi connectivity index (χ1v) is 11.1. The molecule has 9 heteroatoms. The van der Waals surface area contributed by atoms with E-state index in [2.05, 4.69) is 15.1 Å². The van der Waals surface area contributed by atoms with Gasteiger partial charge >= 0.3 is 0 Å². The fourth-order valence-electron chi connectivity index (χ4n) is 4.37. The number of ketones is 1. The number of piperazine rings is 1. The van der Waals surface area contributed by atoms with Crippen molar-refractivity contribution in [3.8, 4) is 5.69 Å². The number of carbonyl (C=O) groups is 3. The molecule has 1 saturated heterocycles. The smallest absolute Gasteiger partial charge is 0.295 e. The Morgan fingerprint density at radius 2 is 1.85 bits per heavy atom. The van der Waals surface area contributed by atoms with Crippen molar-refractivity contribution >= 4 is 28.6 Å².